The van der Waals surface area contributed by atoms with Crippen LogP contribution in [-0.4, -0.2) is 11.5 Å². The number of nitriles is 1. The SMILES string of the molecule is CCCCCCCCCCOC=C(C#N)[N+](=O)[O-]. The fraction of sp³-hybridized carbons (Fsp3) is 0.769. The Balaban J connectivity index is 3.36. The molecular weight excluding hydrogens is 232 g/mol. The Labute approximate surface area is 109 Å². The van der Waals surface area contributed by atoms with E-state index < -0.39 is 10.6 Å². The normalized spacial score (nSPS) is 11.0. The van der Waals surface area contributed by atoms with Gasteiger partial charge in [-0.2, -0.15) is 5.26 Å². The fourth-order valence-electron chi connectivity index (χ4n) is 1.57. The van der Waals surface area contributed by atoms with E-state index in [2.05, 4.69) is 6.92 Å². The minimum absolute atomic E-state index is 0.438. The molecule has 102 valence electrons. The van der Waals surface area contributed by atoms with Crippen LogP contribution in [0.4, 0.5) is 0 Å². The standard InChI is InChI=1S/C13H22N2O3/c1-2-3-4-5-6-7-8-9-10-18-12-13(11-14)15(16)17/h12H,2-10H2,1H3. The molecule has 0 saturated heterocycles. The van der Waals surface area contributed by atoms with Crippen LogP contribution in [0.25, 0.3) is 0 Å². The van der Waals surface area contributed by atoms with Gasteiger partial charge in [-0.1, -0.05) is 51.9 Å². The summed E-state index contributed by atoms with van der Waals surface area (Å²) < 4.78 is 4.97. The van der Waals surface area contributed by atoms with Crippen molar-refractivity contribution in [3.05, 3.63) is 22.1 Å². The first-order chi connectivity index (χ1) is 8.72. The zero-order chi connectivity index (χ0) is 13.6. The van der Waals surface area contributed by atoms with E-state index in [-0.39, 0.29) is 0 Å². The Morgan fingerprint density at radius 1 is 1.22 bits per heavy atom. The molecule has 0 aromatic carbocycles. The van der Waals surface area contributed by atoms with Gasteiger partial charge in [0.2, 0.25) is 0 Å². The second-order valence-corrected chi connectivity index (χ2v) is 4.22. The molecule has 0 amide bonds. The number of rotatable bonds is 11. The largest absolute Gasteiger partial charge is 0.493 e. The molecule has 0 unspecified atom stereocenters. The molecule has 0 N–H and O–H groups in total. The molecule has 18 heavy (non-hydrogen) atoms. The number of ether oxygens (including phenoxy) is 1. The van der Waals surface area contributed by atoms with Crippen LogP contribution in [0.3, 0.4) is 0 Å². The van der Waals surface area contributed by atoms with Crippen molar-refractivity contribution in [1.29, 1.82) is 5.26 Å². The van der Waals surface area contributed by atoms with Crippen LogP contribution in [0.1, 0.15) is 58.3 Å². The van der Waals surface area contributed by atoms with Gasteiger partial charge in [-0.15, -0.1) is 0 Å². The Morgan fingerprint density at radius 3 is 2.28 bits per heavy atom. The molecule has 0 saturated carbocycles. The Hall–Kier alpha value is -1.57. The van der Waals surface area contributed by atoms with E-state index in [9.17, 15) is 10.1 Å². The van der Waals surface area contributed by atoms with Crippen LogP contribution in [-0.2, 0) is 4.74 Å². The predicted octanol–water partition coefficient (Wildman–Crippen LogP) is 3.79. The van der Waals surface area contributed by atoms with E-state index in [0.717, 1.165) is 19.1 Å². The number of unbranched alkanes of at least 4 members (excludes halogenated alkanes) is 7. The second kappa shape index (κ2) is 11.9. The Kier molecular flexibility index (Phi) is 10.9. The van der Waals surface area contributed by atoms with Gasteiger partial charge in [0, 0.05) is 0 Å². The highest BCUT2D eigenvalue weighted by molar-refractivity contribution is 5.08. The van der Waals surface area contributed by atoms with Crippen molar-refractivity contribution >= 4 is 0 Å². The van der Waals surface area contributed by atoms with Crippen LogP contribution in [0, 0.1) is 21.4 Å². The number of nitrogens with zero attached hydrogens (tertiary/aromatic N) is 2. The quantitative estimate of drug-likeness (QED) is 0.185. The van der Waals surface area contributed by atoms with Crippen molar-refractivity contribution in [3.8, 4) is 6.07 Å². The molecule has 0 heterocycles. The summed E-state index contributed by atoms with van der Waals surface area (Å²) in [5.41, 5.74) is -0.547. The lowest BCUT2D eigenvalue weighted by atomic mass is 10.1. The molecule has 0 radical (unpaired) electrons. The van der Waals surface area contributed by atoms with Crippen LogP contribution >= 0.6 is 0 Å². The van der Waals surface area contributed by atoms with Gasteiger partial charge in [-0.3, -0.25) is 10.1 Å². The van der Waals surface area contributed by atoms with Gasteiger partial charge in [-0.25, -0.2) is 0 Å². The number of hydrogen-bond donors (Lipinski definition) is 0. The van der Waals surface area contributed by atoms with Crippen molar-refractivity contribution in [2.24, 2.45) is 0 Å². The third kappa shape index (κ3) is 9.64. The number of hydrogen-bond acceptors (Lipinski definition) is 4. The van der Waals surface area contributed by atoms with E-state index >= 15 is 0 Å². The number of allylic oxidation sites excluding steroid dienone is 1. The topological polar surface area (TPSA) is 76.2 Å². The van der Waals surface area contributed by atoms with Crippen LogP contribution < -0.4 is 0 Å². The second-order valence-electron chi connectivity index (χ2n) is 4.22. The molecule has 0 aromatic heterocycles. The predicted molar refractivity (Wildman–Crippen MR) is 69.3 cm³/mol. The lowest BCUT2D eigenvalue weighted by Crippen LogP contribution is -1.97. The summed E-state index contributed by atoms with van der Waals surface area (Å²) in [6.07, 6.45) is 10.5. The monoisotopic (exact) mass is 254 g/mol. The van der Waals surface area contributed by atoms with Gasteiger partial charge < -0.3 is 4.74 Å². The van der Waals surface area contributed by atoms with Crippen LogP contribution in [0.5, 0.6) is 0 Å². The lowest BCUT2D eigenvalue weighted by molar-refractivity contribution is -0.419. The van der Waals surface area contributed by atoms with E-state index in [1.807, 2.05) is 0 Å². The van der Waals surface area contributed by atoms with Gasteiger partial charge in [0.1, 0.15) is 0 Å². The van der Waals surface area contributed by atoms with Crippen molar-refractivity contribution in [1.82, 2.24) is 0 Å². The highest BCUT2D eigenvalue weighted by Gasteiger charge is 2.08. The maximum atomic E-state index is 10.3. The highest BCUT2D eigenvalue weighted by atomic mass is 16.6. The maximum absolute atomic E-state index is 10.3. The van der Waals surface area contributed by atoms with Gasteiger partial charge in [0.15, 0.2) is 12.3 Å². The first-order valence-electron chi connectivity index (χ1n) is 6.58. The van der Waals surface area contributed by atoms with Gasteiger partial charge >= 0.3 is 5.70 Å². The summed E-state index contributed by atoms with van der Waals surface area (Å²) in [6, 6.07) is 1.47. The Morgan fingerprint density at radius 2 is 1.78 bits per heavy atom. The molecule has 5 nitrogen and oxygen atoms in total. The molecule has 0 rings (SSSR count). The lowest BCUT2D eigenvalue weighted by Gasteiger charge is -2.01. The van der Waals surface area contributed by atoms with E-state index in [0.29, 0.717) is 6.61 Å². The average Bonchev–Trinajstić information content (AvgIpc) is 2.35. The van der Waals surface area contributed by atoms with Crippen LogP contribution in [0.2, 0.25) is 0 Å². The van der Waals surface area contributed by atoms with Crippen molar-refractivity contribution in [2.75, 3.05) is 6.61 Å². The third-order valence-electron chi connectivity index (χ3n) is 2.62. The van der Waals surface area contributed by atoms with E-state index in [4.69, 9.17) is 10.00 Å². The molecular formula is C13H22N2O3. The first-order valence-corrected chi connectivity index (χ1v) is 6.58. The molecule has 0 aliphatic heterocycles. The smallest absolute Gasteiger partial charge is 0.379 e. The summed E-state index contributed by atoms with van der Waals surface area (Å²) in [5.74, 6) is 0. The summed E-state index contributed by atoms with van der Waals surface area (Å²) in [6.45, 7) is 2.64. The summed E-state index contributed by atoms with van der Waals surface area (Å²) in [7, 11) is 0. The highest BCUT2D eigenvalue weighted by Crippen LogP contribution is 2.08. The third-order valence-corrected chi connectivity index (χ3v) is 2.62. The van der Waals surface area contributed by atoms with Crippen LogP contribution in [0.15, 0.2) is 12.0 Å². The minimum atomic E-state index is -0.742. The van der Waals surface area contributed by atoms with E-state index in [1.165, 1.54) is 44.6 Å². The van der Waals surface area contributed by atoms with Gasteiger partial charge in [0.05, 0.1) is 11.5 Å². The molecule has 0 fully saturated rings. The minimum Gasteiger partial charge on any atom is -0.493 e. The first kappa shape index (κ1) is 16.4. The maximum Gasteiger partial charge on any atom is 0.379 e. The summed E-state index contributed by atoms with van der Waals surface area (Å²) in [5, 5.41) is 18.7. The zero-order valence-corrected chi connectivity index (χ0v) is 11.1. The molecule has 0 bridgehead atoms. The molecule has 0 aliphatic carbocycles. The van der Waals surface area contributed by atoms with Crippen molar-refractivity contribution < 1.29 is 9.66 Å². The average molecular weight is 254 g/mol. The summed E-state index contributed by atoms with van der Waals surface area (Å²) in [4.78, 5) is 9.51. The molecule has 5 heteroatoms. The zero-order valence-electron chi connectivity index (χ0n) is 11.1. The number of nitro groups is 1. The summed E-state index contributed by atoms with van der Waals surface area (Å²) >= 11 is 0. The Bertz CT molecular complexity index is 295. The van der Waals surface area contributed by atoms with Crippen molar-refractivity contribution in [2.45, 2.75) is 58.3 Å². The molecule has 0 spiro atoms. The van der Waals surface area contributed by atoms with Gasteiger partial charge in [0.25, 0.3) is 0 Å². The van der Waals surface area contributed by atoms with Gasteiger partial charge in [-0.05, 0) is 6.42 Å². The fourth-order valence-corrected chi connectivity index (χ4v) is 1.57. The van der Waals surface area contributed by atoms with E-state index in [1.54, 1.807) is 0 Å². The van der Waals surface area contributed by atoms with Crippen molar-refractivity contribution in [3.63, 3.8) is 0 Å². The molecule has 0 aliphatic rings. The molecule has 0 atom stereocenters. The molecule has 0 aromatic rings.